The Kier molecular flexibility index (Phi) is 0.0791. The lowest BCUT2D eigenvalue weighted by atomic mass is 11.6. The van der Waals surface area contributed by atoms with Crippen LogP contribution >= 0.6 is 0 Å². The van der Waals surface area contributed by atoms with E-state index in [0.717, 1.165) is 0 Å². The molecule has 0 saturated heterocycles. The molecule has 1 heterocycles. The summed E-state index contributed by atoms with van der Waals surface area (Å²) in [6.07, 6.45) is 1.32. The smallest absolute Gasteiger partial charge is 0.317 e. The van der Waals surface area contributed by atoms with Gasteiger partial charge in [0.2, 0.25) is 0 Å². The topological polar surface area (TPSA) is 48.0 Å². The summed E-state index contributed by atoms with van der Waals surface area (Å²) in [5.74, 6) is 0. The third-order valence-electron chi connectivity index (χ3n) is 0.235. The fourth-order valence-electron chi connectivity index (χ4n) is 0.0236. The summed E-state index contributed by atoms with van der Waals surface area (Å²) in [5, 5.41) is 9.31. The van der Waals surface area contributed by atoms with Crippen molar-refractivity contribution in [2.45, 2.75) is 0 Å². The summed E-state index contributed by atoms with van der Waals surface area (Å²) in [4.78, 5) is 0.625. The molecule has 0 fully saturated rings. The van der Waals surface area contributed by atoms with Crippen molar-refractivity contribution >= 4 is 6.34 Å². The van der Waals surface area contributed by atoms with Gasteiger partial charge in [0.25, 0.3) is 0 Å². The molecule has 1 rings (SSSR count). The van der Waals surface area contributed by atoms with Crippen LogP contribution < -0.4 is 5.43 Å². The van der Waals surface area contributed by atoms with Gasteiger partial charge in [-0.3, -0.25) is 0 Å². The Morgan fingerprint density at radius 3 is 2.25 bits per heavy atom. The summed E-state index contributed by atoms with van der Waals surface area (Å²) in [7, 11) is 0. The van der Waals surface area contributed by atoms with Crippen molar-refractivity contribution in [1.29, 1.82) is 0 Å². The average Bonchev–Trinajstić information content (AvgIpc) is 1.75. The van der Waals surface area contributed by atoms with Crippen molar-refractivity contribution in [3.8, 4) is 0 Å². The quantitative estimate of drug-likeness (QED) is 0.288. The largest absolute Gasteiger partial charge is 0.676 e. The van der Waals surface area contributed by atoms with E-state index in [9.17, 15) is 5.21 Å². The minimum absolute atomic E-state index is 0.625. The van der Waals surface area contributed by atoms with Crippen molar-refractivity contribution in [2.75, 3.05) is 0 Å². The zero-order valence-electron chi connectivity index (χ0n) is 1.93. The van der Waals surface area contributed by atoms with Crippen LogP contribution in [0, 0.1) is 5.21 Å². The Balaban J connectivity index is 2.54. The Morgan fingerprint density at radius 2 is 2.25 bits per heavy atom. The predicted molar refractivity (Wildman–Crippen MR) is 12.8 cm³/mol. The molecule has 1 N–H and O–H groups in total. The van der Waals surface area contributed by atoms with E-state index in [1.54, 1.807) is 0 Å². The van der Waals surface area contributed by atoms with Crippen LogP contribution in [-0.4, -0.2) is 11.2 Å². The molecule has 0 unspecified atom stereocenters. The van der Waals surface area contributed by atoms with Crippen LogP contribution in [0.15, 0.2) is 0 Å². The van der Waals surface area contributed by atoms with Gasteiger partial charge >= 0.3 is 6.34 Å². The maximum absolute atomic E-state index is 9.31. The third-order valence-corrected chi connectivity index (χ3v) is 0.235. The Labute approximate surface area is 23.1 Å². The van der Waals surface area contributed by atoms with Gasteiger partial charge in [-0.25, -0.2) is 0 Å². The third kappa shape index (κ3) is 0.0180. The highest BCUT2D eigenvalue weighted by Gasteiger charge is 1.98. The molecule has 1 aliphatic rings. The second-order valence-corrected chi connectivity index (χ2v) is 0.584. The number of hydrazine groups is 1. The van der Waals surface area contributed by atoms with Crippen molar-refractivity contribution in [2.24, 2.45) is 0 Å². The van der Waals surface area contributed by atoms with Crippen LogP contribution in [0.25, 0.3) is 0 Å². The van der Waals surface area contributed by atoms with Gasteiger partial charge < -0.3 is 5.21 Å². The molecule has 3 nitrogen and oxygen atoms in total. The molecule has 0 spiro atoms. The first-order chi connectivity index (χ1) is 1.89. The number of nitrogens with zero attached hydrogens (tertiary/aromatic N) is 1. The van der Waals surface area contributed by atoms with Crippen molar-refractivity contribution < 1.29 is 4.85 Å². The van der Waals surface area contributed by atoms with Gasteiger partial charge in [-0.05, 0) is 0 Å². The van der Waals surface area contributed by atoms with Gasteiger partial charge in [-0.2, -0.15) is 0 Å². The standard InChI is InChI=1S/CH2N2O/c4-3-1-2-3/h1-2H. The zero-order chi connectivity index (χ0) is 2.99. The van der Waals surface area contributed by atoms with Crippen LogP contribution in [-0.2, 0) is 0 Å². The number of hydrogen-bond donors (Lipinski definition) is 1. The Bertz CT molecular complexity index is 57.1. The molecule has 4 heavy (non-hydrogen) atoms. The molecule has 0 bridgehead atoms. The van der Waals surface area contributed by atoms with Crippen LogP contribution in [0.4, 0.5) is 0 Å². The zero-order valence-corrected chi connectivity index (χ0v) is 1.93. The van der Waals surface area contributed by atoms with E-state index in [0.29, 0.717) is 4.85 Å². The number of hydrogen-bond acceptors (Lipinski definition) is 2. The molecular weight excluding hydrogens is 56.0 g/mol. The number of hydrazone groups is 1. The van der Waals surface area contributed by atoms with E-state index < -0.39 is 0 Å². The molecule has 0 aromatic carbocycles. The van der Waals surface area contributed by atoms with Crippen LogP contribution in [0.1, 0.15) is 0 Å². The van der Waals surface area contributed by atoms with Crippen molar-refractivity contribution in [1.82, 2.24) is 5.43 Å². The first-order valence-electron chi connectivity index (χ1n) is 0.953. The van der Waals surface area contributed by atoms with Crippen molar-refractivity contribution in [3.05, 3.63) is 5.21 Å². The second-order valence-electron chi connectivity index (χ2n) is 0.584. The van der Waals surface area contributed by atoms with Crippen LogP contribution in [0.3, 0.4) is 0 Å². The molecule has 3 heteroatoms. The molecule has 22 valence electrons. The van der Waals surface area contributed by atoms with Gasteiger partial charge in [-0.1, -0.05) is 10.3 Å². The van der Waals surface area contributed by atoms with Crippen LogP contribution in [0.5, 0.6) is 0 Å². The lowest BCUT2D eigenvalue weighted by Crippen LogP contribution is -1.83. The molecule has 0 aromatic heterocycles. The van der Waals surface area contributed by atoms with E-state index in [-0.39, 0.29) is 0 Å². The normalized spacial score (nSPS) is 17.5. The average molecular weight is 58.0 g/mol. The summed E-state index contributed by atoms with van der Waals surface area (Å²) in [6.45, 7) is 0. The highest BCUT2D eigenvalue weighted by Crippen LogP contribution is 1.61. The molecule has 0 saturated carbocycles. The fourth-order valence-corrected chi connectivity index (χ4v) is 0.0236. The van der Waals surface area contributed by atoms with Gasteiger partial charge in [0.05, 0.1) is 0 Å². The number of nitrogens with one attached hydrogen (secondary N) is 1. The Morgan fingerprint density at radius 1 is 2.00 bits per heavy atom. The Hall–Kier alpha value is -0.730. The minimum atomic E-state index is 0.625. The molecular formula is CH2N2O. The SMILES string of the molecule is [O-][N+]1=CN1. The predicted octanol–water partition coefficient (Wildman–Crippen LogP) is -0.957. The molecule has 0 atom stereocenters. The van der Waals surface area contributed by atoms with Gasteiger partial charge in [0, 0.05) is 0 Å². The lowest BCUT2D eigenvalue weighted by Gasteiger charge is -1.69. The summed E-state index contributed by atoms with van der Waals surface area (Å²) in [6, 6.07) is 0. The first kappa shape index (κ1) is 1.58. The van der Waals surface area contributed by atoms with Gasteiger partial charge in [-0.15, -0.1) is 0 Å². The molecule has 0 aromatic rings. The van der Waals surface area contributed by atoms with Gasteiger partial charge in [0.15, 0.2) is 0 Å². The minimum Gasteiger partial charge on any atom is -0.676 e. The van der Waals surface area contributed by atoms with Crippen LogP contribution in [0.2, 0.25) is 0 Å². The molecule has 0 aliphatic carbocycles. The van der Waals surface area contributed by atoms with E-state index in [2.05, 4.69) is 5.43 Å². The van der Waals surface area contributed by atoms with E-state index in [4.69, 9.17) is 0 Å². The van der Waals surface area contributed by atoms with Gasteiger partial charge in [0.1, 0.15) is 0 Å². The summed E-state index contributed by atoms with van der Waals surface area (Å²) >= 11 is 0. The number of rotatable bonds is 0. The maximum atomic E-state index is 9.31. The fraction of sp³-hybridized carbons (Fsp3) is 0. The van der Waals surface area contributed by atoms with Crippen molar-refractivity contribution in [3.63, 3.8) is 0 Å². The summed E-state index contributed by atoms with van der Waals surface area (Å²) < 4.78 is 0. The van der Waals surface area contributed by atoms with E-state index in [1.807, 2.05) is 0 Å². The monoisotopic (exact) mass is 58.0 g/mol. The summed E-state index contributed by atoms with van der Waals surface area (Å²) in [5.41, 5.74) is 2.25. The van der Waals surface area contributed by atoms with E-state index in [1.165, 1.54) is 6.34 Å². The first-order valence-corrected chi connectivity index (χ1v) is 0.953. The lowest BCUT2D eigenvalue weighted by molar-refractivity contribution is -0.411. The van der Waals surface area contributed by atoms with E-state index >= 15 is 0 Å². The highest BCUT2D eigenvalue weighted by atomic mass is 16.5. The molecule has 0 radical (unpaired) electrons. The molecule has 0 amide bonds. The highest BCUT2D eigenvalue weighted by molar-refractivity contribution is 5.53. The second kappa shape index (κ2) is 0.201. The molecule has 1 aliphatic heterocycles. The maximum Gasteiger partial charge on any atom is 0.317 e.